The van der Waals surface area contributed by atoms with Gasteiger partial charge in [-0.15, -0.1) is 0 Å². The Balaban J connectivity index is 1.63. The summed E-state index contributed by atoms with van der Waals surface area (Å²) in [7, 11) is 0. The van der Waals surface area contributed by atoms with Crippen molar-refractivity contribution in [2.75, 3.05) is 11.9 Å². The van der Waals surface area contributed by atoms with Crippen molar-refractivity contribution in [3.05, 3.63) is 69.1 Å². The summed E-state index contributed by atoms with van der Waals surface area (Å²) in [6.07, 6.45) is 5.64. The number of aliphatic hydroxyl groups is 1. The summed E-state index contributed by atoms with van der Waals surface area (Å²) >= 11 is 0. The topological polar surface area (TPSA) is 157 Å². The molecule has 5 rings (SSSR count). The zero-order chi connectivity index (χ0) is 22.1. The second-order valence-electron chi connectivity index (χ2n) is 7.65. The highest BCUT2D eigenvalue weighted by molar-refractivity contribution is 5.57. The third kappa shape index (κ3) is 4.10. The summed E-state index contributed by atoms with van der Waals surface area (Å²) in [6.45, 7) is -0.0000483. The van der Waals surface area contributed by atoms with E-state index >= 15 is 0 Å². The Morgan fingerprint density at radius 1 is 1.25 bits per heavy atom. The van der Waals surface area contributed by atoms with E-state index in [2.05, 4.69) is 35.3 Å². The normalized spacial score (nSPS) is 16.0. The van der Waals surface area contributed by atoms with Gasteiger partial charge in [-0.3, -0.25) is 4.98 Å². The number of anilines is 1. The molecule has 164 valence electrons. The fourth-order valence-electron chi connectivity index (χ4n) is 3.44. The van der Waals surface area contributed by atoms with Gasteiger partial charge in [0.15, 0.2) is 5.65 Å². The molecule has 1 aromatic carbocycles. The molecule has 32 heavy (non-hydrogen) atoms. The molecule has 3 aromatic heterocycles. The predicted molar refractivity (Wildman–Crippen MR) is 116 cm³/mol. The number of fused-ring (bicyclic) bond motifs is 1. The summed E-state index contributed by atoms with van der Waals surface area (Å²) in [5.41, 5.74) is 1.60. The molecule has 0 unspecified atom stereocenters. The lowest BCUT2D eigenvalue weighted by Gasteiger charge is -2.18. The number of hydrogen-bond donors (Lipinski definition) is 5. The molecule has 1 saturated carbocycles. The zero-order valence-electron chi connectivity index (χ0n) is 17.1. The number of nitrogens with zero attached hydrogens (tertiary/aromatic N) is 5. The van der Waals surface area contributed by atoms with Crippen LogP contribution in [0.1, 0.15) is 36.6 Å². The molecule has 3 heterocycles. The molecule has 0 saturated heterocycles. The maximum atomic E-state index is 11.5. The number of aliphatic hydroxyl groups excluding tert-OH is 1. The van der Waals surface area contributed by atoms with Gasteiger partial charge in [-0.05, 0) is 30.9 Å². The van der Waals surface area contributed by atoms with Gasteiger partial charge in [0, 0.05) is 11.8 Å². The van der Waals surface area contributed by atoms with E-state index in [1.807, 2.05) is 30.3 Å². The molecule has 1 aliphatic rings. The average Bonchev–Trinajstić information content (AvgIpc) is 3.42. The predicted octanol–water partition coefficient (Wildman–Crippen LogP) is -0.00730. The summed E-state index contributed by atoms with van der Waals surface area (Å²) in [6, 6.07) is 9.78. The van der Waals surface area contributed by atoms with Gasteiger partial charge < -0.3 is 20.5 Å². The standard InChI is InChI=1S/C21H22N8O3/c30-9-8-15(12-4-2-1-3-5-12)24-19-26-17-13(10-16-18(31)27-21(32)25-16)11-22-29(17)20(28-19)23-14-6-7-14/h1-5,10-11,14-15,30-31H,6-9H2,(H,23,24,28)(H2,25,27,32)/b13-10+/t15-/m0/s1. The Labute approximate surface area is 181 Å². The van der Waals surface area contributed by atoms with E-state index in [9.17, 15) is 15.0 Å². The Morgan fingerprint density at radius 3 is 2.75 bits per heavy atom. The third-order valence-corrected chi connectivity index (χ3v) is 5.18. The molecule has 0 bridgehead atoms. The summed E-state index contributed by atoms with van der Waals surface area (Å²) in [4.78, 5) is 30.1. The number of nitrogens with one attached hydrogen (secondary N) is 3. The Kier molecular flexibility index (Phi) is 5.15. The molecule has 11 heteroatoms. The molecule has 0 spiro atoms. The van der Waals surface area contributed by atoms with Crippen molar-refractivity contribution < 1.29 is 10.2 Å². The van der Waals surface area contributed by atoms with Crippen LogP contribution in [0, 0.1) is 0 Å². The quantitative estimate of drug-likeness (QED) is 0.274. The minimum atomic E-state index is -0.513. The first-order chi connectivity index (χ1) is 15.6. The second kappa shape index (κ2) is 8.27. The highest BCUT2D eigenvalue weighted by Gasteiger charge is 2.21. The smallest absolute Gasteiger partial charge is 0.326 e. The van der Waals surface area contributed by atoms with E-state index in [1.165, 1.54) is 0 Å². The van der Waals surface area contributed by atoms with Gasteiger partial charge in [-0.1, -0.05) is 30.3 Å². The number of imidazole rings is 1. The maximum absolute atomic E-state index is 11.5. The van der Waals surface area contributed by atoms with Crippen LogP contribution < -0.4 is 21.8 Å². The molecule has 11 nitrogen and oxygen atoms in total. The Hall–Kier alpha value is -3.99. The van der Waals surface area contributed by atoms with Crippen LogP contribution in [0.2, 0.25) is 0 Å². The first-order valence-electron chi connectivity index (χ1n) is 10.4. The van der Waals surface area contributed by atoms with E-state index in [1.54, 1.807) is 16.8 Å². The highest BCUT2D eigenvalue weighted by Crippen LogP contribution is 2.23. The largest absolute Gasteiger partial charge is 0.493 e. The van der Waals surface area contributed by atoms with Crippen LogP contribution in [0.25, 0.3) is 11.7 Å². The van der Waals surface area contributed by atoms with Gasteiger partial charge in [-0.25, -0.2) is 9.79 Å². The number of benzene rings is 1. The number of hydrogen-bond acceptors (Lipinski definition) is 8. The third-order valence-electron chi connectivity index (χ3n) is 5.18. The SMILES string of the molecule is O=c1[nH]c(O)c(/C=c2\cnn3c(=NC4CC4)nc(N[C@@H](CCO)c4ccccc4)nc23)[nH]1. The fraction of sp³-hybridized carbons (Fsp3) is 0.286. The summed E-state index contributed by atoms with van der Waals surface area (Å²) in [5, 5.41) is 27.7. The zero-order valence-corrected chi connectivity index (χ0v) is 17.1. The van der Waals surface area contributed by atoms with Crippen LogP contribution in [0.15, 0.2) is 46.3 Å². The highest BCUT2D eigenvalue weighted by atomic mass is 16.3. The molecule has 5 N–H and O–H groups in total. The van der Waals surface area contributed by atoms with Crippen LogP contribution >= 0.6 is 0 Å². The van der Waals surface area contributed by atoms with Crippen molar-refractivity contribution in [1.29, 1.82) is 0 Å². The van der Waals surface area contributed by atoms with Crippen molar-refractivity contribution >= 4 is 17.7 Å². The van der Waals surface area contributed by atoms with Crippen molar-refractivity contribution in [3.8, 4) is 5.88 Å². The van der Waals surface area contributed by atoms with Crippen LogP contribution in [-0.2, 0) is 0 Å². The van der Waals surface area contributed by atoms with E-state index < -0.39 is 5.69 Å². The monoisotopic (exact) mass is 434 g/mol. The van der Waals surface area contributed by atoms with Crippen LogP contribution in [0.4, 0.5) is 5.95 Å². The molecule has 0 aliphatic heterocycles. The molecule has 1 fully saturated rings. The first kappa shape index (κ1) is 19.9. The molecular weight excluding hydrogens is 412 g/mol. The van der Waals surface area contributed by atoms with Crippen molar-refractivity contribution in [2.45, 2.75) is 31.3 Å². The van der Waals surface area contributed by atoms with E-state index in [0.717, 1.165) is 18.4 Å². The number of aromatic amines is 2. The Morgan fingerprint density at radius 2 is 2.06 bits per heavy atom. The van der Waals surface area contributed by atoms with Crippen molar-refractivity contribution in [1.82, 2.24) is 29.5 Å². The van der Waals surface area contributed by atoms with Gasteiger partial charge in [0.05, 0.1) is 18.3 Å². The minimum Gasteiger partial charge on any atom is -0.493 e. The lowest BCUT2D eigenvalue weighted by atomic mass is 10.0. The van der Waals surface area contributed by atoms with Gasteiger partial charge in [0.25, 0.3) is 5.62 Å². The average molecular weight is 434 g/mol. The molecular formula is C21H22N8O3. The second-order valence-corrected chi connectivity index (χ2v) is 7.65. The van der Waals surface area contributed by atoms with Gasteiger partial charge in [0.2, 0.25) is 11.8 Å². The number of rotatable bonds is 7. The maximum Gasteiger partial charge on any atom is 0.326 e. The lowest BCUT2D eigenvalue weighted by Crippen LogP contribution is -2.26. The Bertz CT molecular complexity index is 1420. The van der Waals surface area contributed by atoms with E-state index in [4.69, 9.17) is 0 Å². The molecule has 1 aliphatic carbocycles. The fourth-order valence-corrected chi connectivity index (χ4v) is 3.44. The number of aromatic hydroxyl groups is 1. The van der Waals surface area contributed by atoms with E-state index in [0.29, 0.717) is 28.9 Å². The van der Waals surface area contributed by atoms with Crippen molar-refractivity contribution in [2.24, 2.45) is 4.99 Å². The molecule has 0 radical (unpaired) electrons. The van der Waals surface area contributed by atoms with Crippen molar-refractivity contribution in [3.63, 3.8) is 0 Å². The first-order valence-corrected chi connectivity index (χ1v) is 10.4. The number of aromatic nitrogens is 6. The van der Waals surface area contributed by atoms with Crippen LogP contribution in [0.3, 0.4) is 0 Å². The van der Waals surface area contributed by atoms with Crippen LogP contribution in [-0.4, -0.2) is 52.4 Å². The van der Waals surface area contributed by atoms with Gasteiger partial charge in [0.1, 0.15) is 5.69 Å². The minimum absolute atomic E-state index is 0.0000483. The van der Waals surface area contributed by atoms with E-state index in [-0.39, 0.29) is 30.3 Å². The van der Waals surface area contributed by atoms with Crippen LogP contribution in [0.5, 0.6) is 5.88 Å². The van der Waals surface area contributed by atoms with Gasteiger partial charge >= 0.3 is 5.69 Å². The summed E-state index contributed by atoms with van der Waals surface area (Å²) < 4.78 is 1.54. The number of H-pyrrole nitrogens is 2. The lowest BCUT2D eigenvalue weighted by molar-refractivity contribution is 0.280. The molecule has 1 atom stereocenters. The molecule has 4 aromatic rings. The van der Waals surface area contributed by atoms with Gasteiger partial charge in [-0.2, -0.15) is 19.6 Å². The molecule has 0 amide bonds. The summed E-state index contributed by atoms with van der Waals surface area (Å²) in [5.74, 6) is 0.0814.